The van der Waals surface area contributed by atoms with Crippen LogP contribution in [0.5, 0.6) is 0 Å². The van der Waals surface area contributed by atoms with Crippen molar-refractivity contribution >= 4 is 17.2 Å². The van der Waals surface area contributed by atoms with Crippen molar-refractivity contribution in [2.45, 2.75) is 58.9 Å². The molecule has 0 aromatic carbocycles. The summed E-state index contributed by atoms with van der Waals surface area (Å²) < 4.78 is 0. The lowest BCUT2D eigenvalue weighted by Crippen LogP contribution is -2.33. The molecule has 1 aliphatic carbocycles. The van der Waals surface area contributed by atoms with Gasteiger partial charge in [0.2, 0.25) is 0 Å². The molecule has 1 unspecified atom stereocenters. The predicted molar refractivity (Wildman–Crippen MR) is 95.8 cm³/mol. The summed E-state index contributed by atoms with van der Waals surface area (Å²) in [6.45, 7) is 6.01. The molecule has 1 atom stereocenters. The third kappa shape index (κ3) is 3.29. The Morgan fingerprint density at radius 2 is 2.12 bits per heavy atom. The maximum Gasteiger partial charge on any atom is 0.261 e. The highest BCUT2D eigenvalue weighted by atomic mass is 32.1. The second-order valence-corrected chi connectivity index (χ2v) is 7.59. The van der Waals surface area contributed by atoms with Crippen LogP contribution < -0.4 is 10.9 Å². The largest absolute Gasteiger partial charge is 0.343 e. The van der Waals surface area contributed by atoms with Crippen molar-refractivity contribution in [3.63, 3.8) is 0 Å². The highest BCUT2D eigenvalue weighted by Gasteiger charge is 2.21. The number of pyridine rings is 1. The van der Waals surface area contributed by atoms with Crippen LogP contribution in [0.3, 0.4) is 0 Å². The molecule has 0 bridgehead atoms. The van der Waals surface area contributed by atoms with Crippen LogP contribution in [0.1, 0.15) is 69.4 Å². The van der Waals surface area contributed by atoms with Gasteiger partial charge in [-0.25, -0.2) is 4.98 Å². The van der Waals surface area contributed by atoms with E-state index in [4.69, 9.17) is 0 Å². The predicted octanol–water partition coefficient (Wildman–Crippen LogP) is 3.21. The fraction of sp³-hybridized carbons (Fsp3) is 0.500. The third-order valence-corrected chi connectivity index (χ3v) is 5.83. The summed E-state index contributed by atoms with van der Waals surface area (Å²) in [6.07, 6.45) is 4.75. The monoisotopic (exact) mass is 345 g/mol. The van der Waals surface area contributed by atoms with Crippen LogP contribution in [0.15, 0.2) is 10.9 Å². The van der Waals surface area contributed by atoms with Crippen molar-refractivity contribution in [3.8, 4) is 0 Å². The van der Waals surface area contributed by atoms with Crippen molar-refractivity contribution < 1.29 is 4.79 Å². The molecule has 24 heavy (non-hydrogen) atoms. The van der Waals surface area contributed by atoms with Gasteiger partial charge in [0.25, 0.3) is 11.5 Å². The van der Waals surface area contributed by atoms with Crippen LogP contribution in [0.4, 0.5) is 0 Å². The molecular formula is C18H23N3O2S. The van der Waals surface area contributed by atoms with Gasteiger partial charge in [-0.1, -0.05) is 6.92 Å². The maximum atomic E-state index is 12.6. The zero-order valence-corrected chi connectivity index (χ0v) is 15.2. The van der Waals surface area contributed by atoms with Gasteiger partial charge in [-0.2, -0.15) is 0 Å². The summed E-state index contributed by atoms with van der Waals surface area (Å²) in [4.78, 5) is 33.5. The first-order chi connectivity index (χ1) is 11.5. The molecule has 0 fully saturated rings. The Balaban J connectivity index is 1.84. The molecule has 128 valence electrons. The number of aryl methyl sites for hydroxylation is 4. The number of carbonyl (C=O) groups excluding carboxylic acids is 1. The summed E-state index contributed by atoms with van der Waals surface area (Å²) >= 11 is 1.60. The summed E-state index contributed by atoms with van der Waals surface area (Å²) in [5, 5.41) is 3.87. The minimum Gasteiger partial charge on any atom is -0.343 e. The van der Waals surface area contributed by atoms with E-state index in [2.05, 4.69) is 15.3 Å². The van der Waals surface area contributed by atoms with Gasteiger partial charge in [0.05, 0.1) is 11.7 Å². The molecule has 3 rings (SSSR count). The SMILES string of the molecule is CCC(NC(=O)c1cc2c([nH]c1=O)CCCC2)c1nc(C)c(C)s1. The van der Waals surface area contributed by atoms with E-state index in [1.807, 2.05) is 20.8 Å². The number of aromatic nitrogens is 2. The Morgan fingerprint density at radius 1 is 1.38 bits per heavy atom. The first kappa shape index (κ1) is 16.9. The lowest BCUT2D eigenvalue weighted by Gasteiger charge is -2.17. The summed E-state index contributed by atoms with van der Waals surface area (Å²) in [5.41, 5.74) is 2.99. The molecule has 6 heteroatoms. The molecule has 0 saturated carbocycles. The number of carbonyl (C=O) groups is 1. The minimum atomic E-state index is -0.318. The molecule has 1 amide bonds. The lowest BCUT2D eigenvalue weighted by atomic mass is 9.95. The number of fused-ring (bicyclic) bond motifs is 1. The van der Waals surface area contributed by atoms with Crippen LogP contribution in [-0.4, -0.2) is 15.9 Å². The summed E-state index contributed by atoms with van der Waals surface area (Å²) in [7, 11) is 0. The number of nitrogens with zero attached hydrogens (tertiary/aromatic N) is 1. The van der Waals surface area contributed by atoms with Crippen LogP contribution in [-0.2, 0) is 12.8 Å². The topological polar surface area (TPSA) is 74.8 Å². The molecular weight excluding hydrogens is 322 g/mol. The molecule has 0 saturated heterocycles. The Morgan fingerprint density at radius 3 is 2.79 bits per heavy atom. The van der Waals surface area contributed by atoms with Gasteiger partial charge in [0.15, 0.2) is 0 Å². The molecule has 1 aliphatic rings. The smallest absolute Gasteiger partial charge is 0.261 e. The fourth-order valence-corrected chi connectivity index (χ4v) is 4.12. The standard InChI is InChI=1S/C18H23N3O2S/c1-4-14(18-19-10(2)11(3)24-18)20-16(22)13-9-12-7-5-6-8-15(12)21-17(13)23/h9,14H,4-8H2,1-3H3,(H,20,22)(H,21,23). The molecule has 0 radical (unpaired) electrons. The van der Waals surface area contributed by atoms with Crippen molar-refractivity contribution in [2.75, 3.05) is 0 Å². The van der Waals surface area contributed by atoms with E-state index in [-0.39, 0.29) is 23.1 Å². The van der Waals surface area contributed by atoms with Gasteiger partial charge in [-0.3, -0.25) is 9.59 Å². The van der Waals surface area contributed by atoms with E-state index in [1.165, 1.54) is 0 Å². The molecule has 2 aromatic rings. The average molecular weight is 345 g/mol. The molecule has 0 spiro atoms. The van der Waals surface area contributed by atoms with Gasteiger partial charge >= 0.3 is 0 Å². The highest BCUT2D eigenvalue weighted by Crippen LogP contribution is 2.25. The van der Waals surface area contributed by atoms with Gasteiger partial charge in [-0.15, -0.1) is 11.3 Å². The van der Waals surface area contributed by atoms with Crippen LogP contribution >= 0.6 is 11.3 Å². The van der Waals surface area contributed by atoms with Gasteiger partial charge in [0.1, 0.15) is 10.6 Å². The Hall–Kier alpha value is -1.95. The van der Waals surface area contributed by atoms with E-state index < -0.39 is 0 Å². The van der Waals surface area contributed by atoms with Crippen molar-refractivity contribution in [3.05, 3.63) is 48.8 Å². The molecule has 2 N–H and O–H groups in total. The molecule has 2 aromatic heterocycles. The number of nitrogens with one attached hydrogen (secondary N) is 2. The van der Waals surface area contributed by atoms with Gasteiger partial charge < -0.3 is 10.3 Å². The molecule has 2 heterocycles. The number of hydrogen-bond donors (Lipinski definition) is 2. The molecule has 0 aliphatic heterocycles. The number of thiazole rings is 1. The Bertz CT molecular complexity index is 803. The van der Waals surface area contributed by atoms with Crippen molar-refractivity contribution in [1.82, 2.24) is 15.3 Å². The number of aromatic amines is 1. The maximum absolute atomic E-state index is 12.6. The Kier molecular flexibility index (Phi) is 4.85. The first-order valence-electron chi connectivity index (χ1n) is 8.49. The van der Waals surface area contributed by atoms with Crippen molar-refractivity contribution in [2.24, 2.45) is 0 Å². The molecule has 5 nitrogen and oxygen atoms in total. The number of H-pyrrole nitrogens is 1. The first-order valence-corrected chi connectivity index (χ1v) is 9.31. The zero-order chi connectivity index (χ0) is 17.3. The number of amides is 1. The fourth-order valence-electron chi connectivity index (χ4n) is 3.06. The van der Waals surface area contributed by atoms with E-state index in [0.717, 1.165) is 58.9 Å². The zero-order valence-electron chi connectivity index (χ0n) is 14.4. The Labute approximate surface area is 145 Å². The van der Waals surface area contributed by atoms with E-state index in [0.29, 0.717) is 0 Å². The van der Waals surface area contributed by atoms with Crippen LogP contribution in [0.2, 0.25) is 0 Å². The van der Waals surface area contributed by atoms with E-state index in [1.54, 1.807) is 17.4 Å². The van der Waals surface area contributed by atoms with Gasteiger partial charge in [-0.05, 0) is 57.6 Å². The number of rotatable bonds is 4. The van der Waals surface area contributed by atoms with E-state index >= 15 is 0 Å². The van der Waals surface area contributed by atoms with E-state index in [9.17, 15) is 9.59 Å². The second kappa shape index (κ2) is 6.89. The van der Waals surface area contributed by atoms with Crippen LogP contribution in [0.25, 0.3) is 0 Å². The second-order valence-electron chi connectivity index (χ2n) is 6.35. The number of hydrogen-bond acceptors (Lipinski definition) is 4. The summed E-state index contributed by atoms with van der Waals surface area (Å²) in [5.74, 6) is -0.318. The summed E-state index contributed by atoms with van der Waals surface area (Å²) in [6, 6.07) is 1.61. The van der Waals surface area contributed by atoms with Crippen LogP contribution in [0, 0.1) is 13.8 Å². The average Bonchev–Trinajstić information content (AvgIpc) is 2.90. The lowest BCUT2D eigenvalue weighted by molar-refractivity contribution is 0.0933. The minimum absolute atomic E-state index is 0.162. The quantitative estimate of drug-likeness (QED) is 0.893. The highest BCUT2D eigenvalue weighted by molar-refractivity contribution is 7.11. The van der Waals surface area contributed by atoms with Crippen molar-refractivity contribution in [1.29, 1.82) is 0 Å². The normalized spacial score (nSPS) is 15.0. The third-order valence-electron chi connectivity index (χ3n) is 4.64. The van der Waals surface area contributed by atoms with Gasteiger partial charge in [0, 0.05) is 10.6 Å².